The number of nitro benzene ring substituents is 1. The van der Waals surface area contributed by atoms with Crippen LogP contribution < -0.4 is 10.6 Å². The van der Waals surface area contributed by atoms with E-state index < -0.39 is 4.92 Å². The summed E-state index contributed by atoms with van der Waals surface area (Å²) in [6.07, 6.45) is 3.14. The van der Waals surface area contributed by atoms with Gasteiger partial charge in [0.05, 0.1) is 20.7 Å². The monoisotopic (exact) mass is 363 g/mol. The van der Waals surface area contributed by atoms with E-state index in [2.05, 4.69) is 10.6 Å². The van der Waals surface area contributed by atoms with E-state index in [0.717, 1.165) is 31.4 Å². The molecule has 22 heavy (non-hydrogen) atoms. The Morgan fingerprint density at radius 1 is 1.32 bits per heavy atom. The number of benzene rings is 1. The number of rotatable bonds is 6. The van der Waals surface area contributed by atoms with E-state index in [1.54, 1.807) is 0 Å². The fourth-order valence-corrected chi connectivity index (χ4v) is 2.44. The first kappa shape index (κ1) is 18.6. The molecular formula is C13H15Cl2N3O3S. The first-order valence-corrected chi connectivity index (χ1v) is 7.75. The summed E-state index contributed by atoms with van der Waals surface area (Å²) in [5, 5.41) is 16.0. The summed E-state index contributed by atoms with van der Waals surface area (Å²) in [5.74, 6) is -0.208. The Hall–Kier alpha value is -1.44. The van der Waals surface area contributed by atoms with Gasteiger partial charge in [-0.3, -0.25) is 14.9 Å². The highest BCUT2D eigenvalue weighted by Crippen LogP contribution is 2.34. The van der Waals surface area contributed by atoms with Gasteiger partial charge in [-0.1, -0.05) is 43.0 Å². The highest BCUT2D eigenvalue weighted by Gasteiger charge is 2.16. The molecule has 1 amide bonds. The van der Waals surface area contributed by atoms with Crippen molar-refractivity contribution in [3.63, 3.8) is 0 Å². The summed E-state index contributed by atoms with van der Waals surface area (Å²) in [6, 6.07) is 2.31. The average molecular weight is 364 g/mol. The van der Waals surface area contributed by atoms with E-state index in [9.17, 15) is 14.9 Å². The van der Waals surface area contributed by atoms with Crippen molar-refractivity contribution in [3.8, 4) is 0 Å². The molecule has 0 unspecified atom stereocenters. The molecule has 0 fully saturated rings. The quantitative estimate of drug-likeness (QED) is 0.340. The molecule has 0 atom stereocenters. The molecule has 0 saturated heterocycles. The molecule has 2 N–H and O–H groups in total. The van der Waals surface area contributed by atoms with E-state index in [4.69, 9.17) is 35.4 Å². The first-order valence-electron chi connectivity index (χ1n) is 6.59. The minimum Gasteiger partial charge on any atom is -0.330 e. The third kappa shape index (κ3) is 5.75. The number of halogens is 2. The van der Waals surface area contributed by atoms with Gasteiger partial charge in [0.1, 0.15) is 0 Å². The number of non-ortho nitro benzene ring substituents is 1. The van der Waals surface area contributed by atoms with Crippen LogP contribution in [0.25, 0.3) is 0 Å². The van der Waals surface area contributed by atoms with Crippen LogP contribution in [0.15, 0.2) is 12.1 Å². The third-order valence-electron chi connectivity index (χ3n) is 2.74. The molecule has 1 aromatic carbocycles. The van der Waals surface area contributed by atoms with Crippen molar-refractivity contribution in [3.05, 3.63) is 32.3 Å². The number of nitro groups is 1. The predicted molar refractivity (Wildman–Crippen MR) is 91.6 cm³/mol. The van der Waals surface area contributed by atoms with Crippen molar-refractivity contribution in [1.82, 2.24) is 5.32 Å². The SMILES string of the molecule is CCCCCC(=O)NC(=S)Nc1c(Cl)cc([N+](=O)[O-])cc1Cl. The minimum atomic E-state index is -0.602. The molecule has 0 bridgehead atoms. The second kappa shape index (κ2) is 8.87. The minimum absolute atomic E-state index is 0.0409. The first-order chi connectivity index (χ1) is 10.3. The molecule has 0 aromatic heterocycles. The fraction of sp³-hybridized carbons (Fsp3) is 0.385. The van der Waals surface area contributed by atoms with Crippen LogP contribution >= 0.6 is 35.4 Å². The fourth-order valence-electron chi connectivity index (χ4n) is 1.65. The summed E-state index contributed by atoms with van der Waals surface area (Å²) in [6.45, 7) is 2.04. The Kier molecular flexibility index (Phi) is 7.50. The maximum absolute atomic E-state index is 11.6. The smallest absolute Gasteiger partial charge is 0.272 e. The van der Waals surface area contributed by atoms with Crippen molar-refractivity contribution in [2.24, 2.45) is 0 Å². The lowest BCUT2D eigenvalue weighted by Crippen LogP contribution is -2.34. The van der Waals surface area contributed by atoms with Gasteiger partial charge in [0.15, 0.2) is 5.11 Å². The van der Waals surface area contributed by atoms with Crippen LogP contribution in [0.2, 0.25) is 10.0 Å². The van der Waals surface area contributed by atoms with E-state index in [1.807, 2.05) is 6.92 Å². The summed E-state index contributed by atoms with van der Waals surface area (Å²) >= 11 is 16.9. The molecule has 1 aromatic rings. The molecule has 1 rings (SSSR count). The van der Waals surface area contributed by atoms with Crippen LogP contribution in [0.3, 0.4) is 0 Å². The molecule has 0 saturated carbocycles. The van der Waals surface area contributed by atoms with Gasteiger partial charge in [-0.2, -0.15) is 0 Å². The number of unbranched alkanes of at least 4 members (excludes halogenated alkanes) is 2. The molecule has 9 heteroatoms. The Balaban J connectivity index is 2.68. The molecule has 0 aliphatic rings. The van der Waals surface area contributed by atoms with Gasteiger partial charge in [0.2, 0.25) is 5.91 Å². The molecular weight excluding hydrogens is 349 g/mol. The zero-order chi connectivity index (χ0) is 16.7. The van der Waals surface area contributed by atoms with Gasteiger partial charge in [-0.05, 0) is 18.6 Å². The Morgan fingerprint density at radius 2 is 1.91 bits per heavy atom. The van der Waals surface area contributed by atoms with Crippen LogP contribution in [-0.2, 0) is 4.79 Å². The Labute approximate surface area is 143 Å². The normalized spacial score (nSPS) is 10.1. The van der Waals surface area contributed by atoms with Crippen molar-refractivity contribution < 1.29 is 9.72 Å². The zero-order valence-electron chi connectivity index (χ0n) is 11.8. The van der Waals surface area contributed by atoms with Crippen LogP contribution in [0.5, 0.6) is 0 Å². The van der Waals surface area contributed by atoms with Gasteiger partial charge >= 0.3 is 0 Å². The van der Waals surface area contributed by atoms with Crippen molar-refractivity contribution in [1.29, 1.82) is 0 Å². The van der Waals surface area contributed by atoms with E-state index >= 15 is 0 Å². The van der Waals surface area contributed by atoms with Crippen molar-refractivity contribution >= 4 is 57.8 Å². The van der Waals surface area contributed by atoms with Gasteiger partial charge in [0, 0.05) is 18.6 Å². The number of hydrogen-bond acceptors (Lipinski definition) is 4. The van der Waals surface area contributed by atoms with E-state index in [1.165, 1.54) is 0 Å². The second-order valence-corrected chi connectivity index (χ2v) is 5.72. The molecule has 0 heterocycles. The van der Waals surface area contributed by atoms with E-state index in [-0.39, 0.29) is 32.4 Å². The number of carbonyl (C=O) groups excluding carboxylic acids is 1. The number of carbonyl (C=O) groups is 1. The van der Waals surface area contributed by atoms with Crippen LogP contribution in [0.1, 0.15) is 32.6 Å². The Morgan fingerprint density at radius 3 is 2.41 bits per heavy atom. The lowest BCUT2D eigenvalue weighted by atomic mass is 10.2. The second-order valence-electron chi connectivity index (χ2n) is 4.50. The van der Waals surface area contributed by atoms with Gasteiger partial charge < -0.3 is 10.6 Å². The standard InChI is InChI=1S/C13H15Cl2N3O3S/c1-2-3-4-5-11(19)16-13(22)17-12-9(14)6-8(18(20)21)7-10(12)15/h6-7H,2-5H2,1H3,(H2,16,17,19,22). The third-order valence-corrected chi connectivity index (χ3v) is 3.54. The highest BCUT2D eigenvalue weighted by molar-refractivity contribution is 7.80. The van der Waals surface area contributed by atoms with Gasteiger partial charge in [-0.25, -0.2) is 0 Å². The number of hydrogen-bond donors (Lipinski definition) is 2. The van der Waals surface area contributed by atoms with Crippen LogP contribution in [0.4, 0.5) is 11.4 Å². The average Bonchev–Trinajstić information content (AvgIpc) is 2.42. The molecule has 0 aliphatic heterocycles. The number of amides is 1. The summed E-state index contributed by atoms with van der Waals surface area (Å²) in [7, 11) is 0. The molecule has 6 nitrogen and oxygen atoms in total. The number of nitrogens with zero attached hydrogens (tertiary/aromatic N) is 1. The highest BCUT2D eigenvalue weighted by atomic mass is 35.5. The maximum Gasteiger partial charge on any atom is 0.272 e. The topological polar surface area (TPSA) is 84.3 Å². The van der Waals surface area contributed by atoms with Crippen LogP contribution in [0, 0.1) is 10.1 Å². The maximum atomic E-state index is 11.6. The predicted octanol–water partition coefficient (Wildman–Crippen LogP) is 4.29. The van der Waals surface area contributed by atoms with E-state index in [0.29, 0.717) is 6.42 Å². The lowest BCUT2D eigenvalue weighted by Gasteiger charge is -2.12. The largest absolute Gasteiger partial charge is 0.330 e. The number of anilines is 1. The molecule has 0 aliphatic carbocycles. The molecule has 0 spiro atoms. The molecule has 120 valence electrons. The number of nitrogens with one attached hydrogen (secondary N) is 2. The summed E-state index contributed by atoms with van der Waals surface area (Å²) in [5.41, 5.74) is -0.0112. The Bertz CT molecular complexity index is 573. The van der Waals surface area contributed by atoms with Crippen molar-refractivity contribution in [2.75, 3.05) is 5.32 Å². The van der Waals surface area contributed by atoms with Gasteiger partial charge in [-0.15, -0.1) is 0 Å². The van der Waals surface area contributed by atoms with Crippen LogP contribution in [-0.4, -0.2) is 15.9 Å². The lowest BCUT2D eigenvalue weighted by molar-refractivity contribution is -0.384. The summed E-state index contributed by atoms with van der Waals surface area (Å²) < 4.78 is 0. The number of thiocarbonyl (C=S) groups is 1. The van der Waals surface area contributed by atoms with Crippen molar-refractivity contribution in [2.45, 2.75) is 32.6 Å². The molecule has 0 radical (unpaired) electrons. The summed E-state index contributed by atoms with van der Waals surface area (Å²) in [4.78, 5) is 21.7. The zero-order valence-corrected chi connectivity index (χ0v) is 14.1. The van der Waals surface area contributed by atoms with Gasteiger partial charge in [0.25, 0.3) is 5.69 Å².